The fourth-order valence-electron chi connectivity index (χ4n) is 4.09. The Morgan fingerprint density at radius 3 is 2.74 bits per heavy atom. The van der Waals surface area contributed by atoms with Crippen LogP contribution < -0.4 is 15.5 Å². The predicted molar refractivity (Wildman–Crippen MR) is 132 cm³/mol. The number of pyridine rings is 1. The molecule has 174 valence electrons. The maximum atomic E-state index is 11.8. The smallest absolute Gasteiger partial charge is 0.290 e. The number of H-pyrrole nitrogens is 1. The van der Waals surface area contributed by atoms with Gasteiger partial charge in [-0.1, -0.05) is 6.07 Å². The Labute approximate surface area is 201 Å². The lowest BCUT2D eigenvalue weighted by Crippen LogP contribution is -2.38. The number of piperidine rings is 1. The van der Waals surface area contributed by atoms with Gasteiger partial charge in [-0.2, -0.15) is 0 Å². The minimum atomic E-state index is -0.379. The summed E-state index contributed by atoms with van der Waals surface area (Å²) in [6.45, 7) is 3.52. The van der Waals surface area contributed by atoms with Crippen molar-refractivity contribution in [2.24, 2.45) is 5.92 Å². The number of carbonyl (C=O) groups excluding carboxylic acids is 2. The van der Waals surface area contributed by atoms with E-state index in [1.165, 1.54) is 5.56 Å². The lowest BCUT2D eigenvalue weighted by Gasteiger charge is -2.32. The number of nitrogens with one attached hydrogen (secondary N) is 3. The summed E-state index contributed by atoms with van der Waals surface area (Å²) in [4.78, 5) is 42.4. The minimum absolute atomic E-state index is 0.355. The van der Waals surface area contributed by atoms with Gasteiger partial charge in [-0.15, -0.1) is 0 Å². The highest BCUT2D eigenvalue weighted by Gasteiger charge is 2.25. The van der Waals surface area contributed by atoms with Crippen molar-refractivity contribution in [3.05, 3.63) is 65.1 Å². The molecule has 0 saturated carbocycles. The molecule has 3 N–H and O–H groups in total. The van der Waals surface area contributed by atoms with Crippen molar-refractivity contribution >= 4 is 34.9 Å². The van der Waals surface area contributed by atoms with Gasteiger partial charge in [0.25, 0.3) is 11.1 Å². The molecule has 5 rings (SSSR count). The molecule has 10 heteroatoms. The molecule has 2 aliphatic heterocycles. The summed E-state index contributed by atoms with van der Waals surface area (Å²) in [5.74, 6) is 0.872. The number of thioether (sulfide) groups is 1. The van der Waals surface area contributed by atoms with E-state index in [4.69, 9.17) is 0 Å². The fraction of sp³-hybridized carbons (Fsp3) is 0.292. The van der Waals surface area contributed by atoms with Crippen molar-refractivity contribution in [1.82, 2.24) is 30.6 Å². The SMILES string of the molecule is O=C1NC(=O)/C(=C\c2ccnc(N3CCC(CNCc4ccc(-c5ccc[nH]5)nc4)CC3)n2)S1. The zero-order valence-electron chi connectivity index (χ0n) is 18.5. The van der Waals surface area contributed by atoms with Crippen LogP contribution in [0.2, 0.25) is 0 Å². The van der Waals surface area contributed by atoms with E-state index in [2.05, 4.69) is 41.5 Å². The molecule has 2 aliphatic rings. The van der Waals surface area contributed by atoms with E-state index in [9.17, 15) is 9.59 Å². The third kappa shape index (κ3) is 5.35. The Morgan fingerprint density at radius 2 is 2.03 bits per heavy atom. The van der Waals surface area contributed by atoms with Crippen LogP contribution in [-0.2, 0) is 11.3 Å². The molecule has 3 aromatic heterocycles. The minimum Gasteiger partial charge on any atom is -0.360 e. The Balaban J connectivity index is 1.09. The summed E-state index contributed by atoms with van der Waals surface area (Å²) in [5, 5.41) is 5.47. The second kappa shape index (κ2) is 10.2. The maximum absolute atomic E-state index is 11.8. The zero-order valence-corrected chi connectivity index (χ0v) is 19.3. The Hall–Kier alpha value is -3.50. The number of amides is 2. The third-order valence-electron chi connectivity index (χ3n) is 5.94. The molecule has 0 radical (unpaired) electrons. The van der Waals surface area contributed by atoms with Gasteiger partial charge in [-0.25, -0.2) is 9.97 Å². The summed E-state index contributed by atoms with van der Waals surface area (Å²) in [5.41, 5.74) is 3.76. The number of anilines is 1. The molecule has 0 spiro atoms. The zero-order chi connectivity index (χ0) is 23.3. The monoisotopic (exact) mass is 475 g/mol. The fourth-order valence-corrected chi connectivity index (χ4v) is 4.75. The van der Waals surface area contributed by atoms with Crippen LogP contribution >= 0.6 is 11.8 Å². The molecule has 3 aromatic rings. The molecule has 2 fully saturated rings. The van der Waals surface area contributed by atoms with Gasteiger partial charge in [-0.3, -0.25) is 19.9 Å². The largest absolute Gasteiger partial charge is 0.360 e. The van der Waals surface area contributed by atoms with E-state index >= 15 is 0 Å². The molecular weight excluding hydrogens is 450 g/mol. The third-order valence-corrected chi connectivity index (χ3v) is 6.75. The van der Waals surface area contributed by atoms with Gasteiger partial charge in [0.15, 0.2) is 0 Å². The Kier molecular flexibility index (Phi) is 6.68. The molecule has 0 atom stereocenters. The first-order valence-corrected chi connectivity index (χ1v) is 12.1. The van der Waals surface area contributed by atoms with Crippen LogP contribution in [0.5, 0.6) is 0 Å². The summed E-state index contributed by atoms with van der Waals surface area (Å²) in [6, 6.07) is 9.88. The van der Waals surface area contributed by atoms with Crippen LogP contribution in [0.4, 0.5) is 10.7 Å². The first-order valence-electron chi connectivity index (χ1n) is 11.3. The van der Waals surface area contributed by atoms with Crippen molar-refractivity contribution in [3.63, 3.8) is 0 Å². The van der Waals surface area contributed by atoms with Gasteiger partial charge in [0.2, 0.25) is 5.95 Å². The molecule has 0 bridgehead atoms. The van der Waals surface area contributed by atoms with Gasteiger partial charge in [0, 0.05) is 38.2 Å². The summed E-state index contributed by atoms with van der Waals surface area (Å²) >= 11 is 0.891. The van der Waals surface area contributed by atoms with Crippen molar-refractivity contribution in [3.8, 4) is 11.4 Å². The Morgan fingerprint density at radius 1 is 1.15 bits per heavy atom. The molecule has 5 heterocycles. The average molecular weight is 476 g/mol. The normalized spacial score (nSPS) is 18.0. The van der Waals surface area contributed by atoms with Crippen LogP contribution in [0.1, 0.15) is 24.1 Å². The van der Waals surface area contributed by atoms with E-state index in [-0.39, 0.29) is 11.1 Å². The number of imide groups is 1. The molecule has 0 aliphatic carbocycles. The first-order chi connectivity index (χ1) is 16.6. The highest BCUT2D eigenvalue weighted by molar-refractivity contribution is 8.18. The van der Waals surface area contributed by atoms with Crippen LogP contribution in [0.25, 0.3) is 17.5 Å². The van der Waals surface area contributed by atoms with E-state index in [1.54, 1.807) is 18.3 Å². The predicted octanol–water partition coefficient (Wildman–Crippen LogP) is 3.20. The molecular formula is C24H25N7O2S. The summed E-state index contributed by atoms with van der Waals surface area (Å²) < 4.78 is 0. The number of hydrogen-bond acceptors (Lipinski definition) is 8. The van der Waals surface area contributed by atoms with Gasteiger partial charge in [0.05, 0.1) is 22.0 Å². The standard InChI is InChI=1S/C24H25N7O2S/c32-22-21(34-24(33)30-22)12-18-5-9-27-23(29-18)31-10-6-16(7-11-31)13-25-14-17-3-4-20(28-15-17)19-2-1-8-26-19/h1-5,8-9,12,15-16,25-26H,6-7,10-11,13-14H2,(H,30,32,33)/b21-12+. The molecule has 0 unspecified atom stereocenters. The van der Waals surface area contributed by atoms with Gasteiger partial charge < -0.3 is 15.2 Å². The van der Waals surface area contributed by atoms with Crippen molar-refractivity contribution in [2.45, 2.75) is 19.4 Å². The number of nitrogens with zero attached hydrogens (tertiary/aromatic N) is 4. The number of aromatic amines is 1. The van der Waals surface area contributed by atoms with Crippen molar-refractivity contribution in [2.75, 3.05) is 24.5 Å². The lowest BCUT2D eigenvalue weighted by molar-refractivity contribution is -0.115. The number of rotatable bonds is 7. The quantitative estimate of drug-likeness (QED) is 0.446. The highest BCUT2D eigenvalue weighted by Crippen LogP contribution is 2.26. The van der Waals surface area contributed by atoms with E-state index < -0.39 is 0 Å². The summed E-state index contributed by atoms with van der Waals surface area (Å²) in [6.07, 6.45) is 9.26. The first kappa shape index (κ1) is 22.3. The van der Waals surface area contributed by atoms with Gasteiger partial charge in [-0.05, 0) is 73.0 Å². The maximum Gasteiger partial charge on any atom is 0.290 e. The van der Waals surface area contributed by atoms with Crippen molar-refractivity contribution in [1.29, 1.82) is 0 Å². The second-order valence-electron chi connectivity index (χ2n) is 8.33. The van der Waals surface area contributed by atoms with Gasteiger partial charge >= 0.3 is 0 Å². The van der Waals surface area contributed by atoms with Gasteiger partial charge in [0.1, 0.15) is 0 Å². The van der Waals surface area contributed by atoms with Crippen molar-refractivity contribution < 1.29 is 9.59 Å². The van der Waals surface area contributed by atoms with Crippen LogP contribution in [0.15, 0.2) is 53.8 Å². The number of aromatic nitrogens is 4. The number of hydrogen-bond donors (Lipinski definition) is 3. The molecule has 2 amide bonds. The van der Waals surface area contributed by atoms with E-state index in [0.29, 0.717) is 22.5 Å². The highest BCUT2D eigenvalue weighted by atomic mass is 32.2. The van der Waals surface area contributed by atoms with Crippen LogP contribution in [0, 0.1) is 5.92 Å². The van der Waals surface area contributed by atoms with E-state index in [0.717, 1.165) is 62.2 Å². The summed E-state index contributed by atoms with van der Waals surface area (Å²) in [7, 11) is 0. The number of carbonyl (C=O) groups is 2. The molecule has 9 nitrogen and oxygen atoms in total. The van der Waals surface area contributed by atoms with E-state index in [1.807, 2.05) is 30.6 Å². The topological polar surface area (TPSA) is 116 Å². The van der Waals surface area contributed by atoms with Crippen LogP contribution in [0.3, 0.4) is 0 Å². The molecule has 34 heavy (non-hydrogen) atoms. The van der Waals surface area contributed by atoms with Crippen LogP contribution in [-0.4, -0.2) is 50.7 Å². The average Bonchev–Trinajstić information content (AvgIpc) is 3.50. The Bertz CT molecular complexity index is 1190. The molecule has 0 aromatic carbocycles. The second-order valence-corrected chi connectivity index (χ2v) is 9.35. The molecule has 2 saturated heterocycles. The lowest BCUT2D eigenvalue weighted by atomic mass is 9.97.